The maximum atomic E-state index is 13.6. The fourth-order valence-corrected chi connectivity index (χ4v) is 5.14. The van der Waals surface area contributed by atoms with E-state index >= 15 is 0 Å². The summed E-state index contributed by atoms with van der Waals surface area (Å²) in [5.74, 6) is 0.0191. The first kappa shape index (κ1) is 22.0. The molecule has 2 aromatic heterocycles. The summed E-state index contributed by atoms with van der Waals surface area (Å²) in [5, 5.41) is 0.724. The molecule has 0 aliphatic carbocycles. The maximum absolute atomic E-state index is 13.6. The average Bonchev–Trinajstić information content (AvgIpc) is 3.33. The predicted molar refractivity (Wildman–Crippen MR) is 140 cm³/mol. The molecule has 4 nitrogen and oxygen atoms in total. The monoisotopic (exact) mass is 463 g/mol. The van der Waals surface area contributed by atoms with Crippen LogP contribution in [0.4, 0.5) is 5.13 Å². The van der Waals surface area contributed by atoms with Crippen molar-refractivity contribution >= 4 is 32.6 Å². The SMILES string of the molecule is Cc1ccc(C)c2sc(N(Cc3cccnc3)C(=O)Cc3ccc(-c4ccccc4)cc3)nc12. The number of carbonyl (C=O) groups is 1. The van der Waals surface area contributed by atoms with Crippen LogP contribution < -0.4 is 4.90 Å². The minimum absolute atomic E-state index is 0.0191. The molecule has 5 rings (SSSR count). The first-order valence-electron chi connectivity index (χ1n) is 11.3. The number of pyridine rings is 1. The van der Waals surface area contributed by atoms with Crippen LogP contribution in [-0.4, -0.2) is 15.9 Å². The summed E-state index contributed by atoms with van der Waals surface area (Å²) in [7, 11) is 0. The third kappa shape index (κ3) is 4.61. The van der Waals surface area contributed by atoms with Gasteiger partial charge in [-0.25, -0.2) is 4.98 Å². The highest BCUT2D eigenvalue weighted by Gasteiger charge is 2.22. The minimum Gasteiger partial charge on any atom is -0.283 e. The van der Waals surface area contributed by atoms with Crippen molar-refractivity contribution in [2.24, 2.45) is 0 Å². The Morgan fingerprint density at radius 2 is 1.56 bits per heavy atom. The highest BCUT2D eigenvalue weighted by Crippen LogP contribution is 2.34. The van der Waals surface area contributed by atoms with Crippen LogP contribution in [0.2, 0.25) is 0 Å². The zero-order valence-electron chi connectivity index (χ0n) is 19.2. The fraction of sp³-hybridized carbons (Fsp3) is 0.138. The van der Waals surface area contributed by atoms with Crippen molar-refractivity contribution in [2.75, 3.05) is 4.90 Å². The molecule has 0 bridgehead atoms. The third-order valence-electron chi connectivity index (χ3n) is 5.94. The summed E-state index contributed by atoms with van der Waals surface area (Å²) < 4.78 is 1.13. The van der Waals surface area contributed by atoms with E-state index in [2.05, 4.69) is 55.2 Å². The highest BCUT2D eigenvalue weighted by atomic mass is 32.1. The lowest BCUT2D eigenvalue weighted by molar-refractivity contribution is -0.118. The minimum atomic E-state index is 0.0191. The normalized spacial score (nSPS) is 11.0. The number of amides is 1. The number of benzene rings is 3. The molecule has 5 heteroatoms. The molecule has 3 aromatic carbocycles. The third-order valence-corrected chi connectivity index (χ3v) is 7.16. The van der Waals surface area contributed by atoms with Gasteiger partial charge in [-0.05, 0) is 53.3 Å². The van der Waals surface area contributed by atoms with Crippen molar-refractivity contribution in [1.29, 1.82) is 0 Å². The Morgan fingerprint density at radius 1 is 0.824 bits per heavy atom. The molecule has 0 unspecified atom stereocenters. The van der Waals surface area contributed by atoms with E-state index in [-0.39, 0.29) is 5.91 Å². The number of aromatic nitrogens is 2. The highest BCUT2D eigenvalue weighted by molar-refractivity contribution is 7.22. The lowest BCUT2D eigenvalue weighted by Crippen LogP contribution is -2.31. The lowest BCUT2D eigenvalue weighted by Gasteiger charge is -2.20. The van der Waals surface area contributed by atoms with Crippen molar-refractivity contribution < 1.29 is 4.79 Å². The summed E-state index contributed by atoms with van der Waals surface area (Å²) in [6.45, 7) is 4.59. The molecule has 1 amide bonds. The van der Waals surface area contributed by atoms with Gasteiger partial charge >= 0.3 is 0 Å². The second kappa shape index (κ2) is 9.57. The van der Waals surface area contributed by atoms with Crippen molar-refractivity contribution in [3.05, 3.63) is 114 Å². The van der Waals surface area contributed by atoms with E-state index in [1.54, 1.807) is 28.6 Å². The fourth-order valence-electron chi connectivity index (χ4n) is 4.02. The van der Waals surface area contributed by atoms with E-state index in [1.165, 1.54) is 11.1 Å². The standard InChI is InChI=1S/C29H25N3OS/c1-20-10-11-21(2)28-27(20)31-29(34-28)32(19-23-7-6-16-30-18-23)26(33)17-22-12-14-25(15-13-22)24-8-4-3-5-9-24/h3-16,18H,17,19H2,1-2H3. The van der Waals surface area contributed by atoms with E-state index in [0.29, 0.717) is 13.0 Å². The maximum Gasteiger partial charge on any atom is 0.233 e. The molecule has 0 saturated heterocycles. The van der Waals surface area contributed by atoms with Crippen molar-refractivity contribution in [2.45, 2.75) is 26.8 Å². The zero-order valence-corrected chi connectivity index (χ0v) is 20.0. The molecule has 168 valence electrons. The van der Waals surface area contributed by atoms with E-state index in [0.717, 1.165) is 37.6 Å². The number of nitrogens with zero attached hydrogens (tertiary/aromatic N) is 3. The number of aryl methyl sites for hydroxylation is 2. The summed E-state index contributed by atoms with van der Waals surface area (Å²) in [5.41, 5.74) is 7.52. The van der Waals surface area contributed by atoms with Gasteiger partial charge in [0.05, 0.1) is 23.2 Å². The number of rotatable bonds is 6. The van der Waals surface area contributed by atoms with Crippen LogP contribution in [-0.2, 0) is 17.8 Å². The largest absolute Gasteiger partial charge is 0.283 e. The van der Waals surface area contributed by atoms with Crippen LogP contribution in [0.15, 0.2) is 91.3 Å². The number of carbonyl (C=O) groups excluding carboxylic acids is 1. The number of fused-ring (bicyclic) bond motifs is 1. The van der Waals surface area contributed by atoms with Crippen LogP contribution >= 0.6 is 11.3 Å². The predicted octanol–water partition coefficient (Wildman–Crippen LogP) is 6.75. The number of hydrogen-bond acceptors (Lipinski definition) is 4. The van der Waals surface area contributed by atoms with Gasteiger partial charge in [-0.2, -0.15) is 0 Å². The van der Waals surface area contributed by atoms with Crippen molar-refractivity contribution in [1.82, 2.24) is 9.97 Å². The lowest BCUT2D eigenvalue weighted by atomic mass is 10.0. The van der Waals surface area contributed by atoms with Gasteiger partial charge in [0, 0.05) is 12.4 Å². The second-order valence-electron chi connectivity index (χ2n) is 8.45. The van der Waals surface area contributed by atoms with E-state index in [4.69, 9.17) is 4.98 Å². The molecule has 0 N–H and O–H groups in total. The molecule has 0 spiro atoms. The van der Waals surface area contributed by atoms with E-state index < -0.39 is 0 Å². The van der Waals surface area contributed by atoms with Crippen LogP contribution in [0.25, 0.3) is 21.3 Å². The molecule has 0 atom stereocenters. The van der Waals surface area contributed by atoms with Gasteiger partial charge in [0.2, 0.25) is 5.91 Å². The van der Waals surface area contributed by atoms with E-state index in [9.17, 15) is 4.79 Å². The molecule has 5 aromatic rings. The molecule has 0 fully saturated rings. The Labute approximate surface area is 203 Å². The van der Waals surface area contributed by atoms with Crippen LogP contribution in [0, 0.1) is 13.8 Å². The Kier molecular flexibility index (Phi) is 6.19. The molecule has 0 radical (unpaired) electrons. The summed E-state index contributed by atoms with van der Waals surface area (Å²) in [6, 6.07) is 26.6. The molecular formula is C29H25N3OS. The average molecular weight is 464 g/mol. The van der Waals surface area contributed by atoms with Gasteiger partial charge < -0.3 is 0 Å². The van der Waals surface area contributed by atoms with Crippen molar-refractivity contribution in [3.8, 4) is 11.1 Å². The van der Waals surface area contributed by atoms with Crippen LogP contribution in [0.5, 0.6) is 0 Å². The second-order valence-corrected chi connectivity index (χ2v) is 9.43. The van der Waals surface area contributed by atoms with Gasteiger partial charge in [0.1, 0.15) is 0 Å². The van der Waals surface area contributed by atoms with E-state index in [1.807, 2.05) is 42.5 Å². The Morgan fingerprint density at radius 3 is 2.26 bits per heavy atom. The molecule has 0 saturated carbocycles. The number of hydrogen-bond donors (Lipinski definition) is 0. The smallest absolute Gasteiger partial charge is 0.233 e. The topological polar surface area (TPSA) is 46.1 Å². The Hall–Kier alpha value is -3.83. The van der Waals surface area contributed by atoms with Gasteiger partial charge in [-0.1, -0.05) is 84.1 Å². The molecule has 2 heterocycles. The van der Waals surface area contributed by atoms with Gasteiger partial charge in [0.15, 0.2) is 5.13 Å². The van der Waals surface area contributed by atoms with Crippen LogP contribution in [0.1, 0.15) is 22.3 Å². The summed E-state index contributed by atoms with van der Waals surface area (Å²) >= 11 is 1.58. The Bertz CT molecular complexity index is 1390. The molecule has 0 aliphatic heterocycles. The number of anilines is 1. The Balaban J connectivity index is 1.45. The number of thiazole rings is 1. The van der Waals surface area contributed by atoms with Gasteiger partial charge in [0.25, 0.3) is 0 Å². The zero-order chi connectivity index (χ0) is 23.5. The van der Waals surface area contributed by atoms with Gasteiger partial charge in [-0.3, -0.25) is 14.7 Å². The quantitative estimate of drug-likeness (QED) is 0.280. The van der Waals surface area contributed by atoms with Gasteiger partial charge in [-0.15, -0.1) is 0 Å². The van der Waals surface area contributed by atoms with Crippen LogP contribution in [0.3, 0.4) is 0 Å². The first-order chi connectivity index (χ1) is 16.6. The summed E-state index contributed by atoms with van der Waals surface area (Å²) in [6.07, 6.45) is 3.86. The van der Waals surface area contributed by atoms with Crippen molar-refractivity contribution in [3.63, 3.8) is 0 Å². The molecular weight excluding hydrogens is 438 g/mol. The molecule has 34 heavy (non-hydrogen) atoms. The molecule has 0 aliphatic rings. The first-order valence-corrected chi connectivity index (χ1v) is 12.1. The summed E-state index contributed by atoms with van der Waals surface area (Å²) in [4.78, 5) is 24.5.